The zero-order valence-electron chi connectivity index (χ0n) is 10.8. The Hall–Kier alpha value is -1.46. The number of halogens is 2. The van der Waals surface area contributed by atoms with Gasteiger partial charge in [0.05, 0.1) is 21.7 Å². The molecule has 1 heterocycles. The number of hydrogen-bond donors (Lipinski definition) is 2. The van der Waals surface area contributed by atoms with E-state index >= 15 is 0 Å². The fourth-order valence-corrected chi connectivity index (χ4v) is 2.57. The average Bonchev–Trinajstić information content (AvgIpc) is 2.89. The second kappa shape index (κ2) is 5.89. The maximum absolute atomic E-state index is 12.1. The van der Waals surface area contributed by atoms with Gasteiger partial charge in [-0.1, -0.05) is 29.3 Å². The predicted octanol–water partition coefficient (Wildman–Crippen LogP) is 3.24. The third-order valence-corrected chi connectivity index (χ3v) is 4.14. The molecular weight excluding hydrogens is 303 g/mol. The van der Waals surface area contributed by atoms with E-state index in [1.165, 1.54) is 4.90 Å². The number of carboxylic acid groups (broad SMARTS) is 1. The van der Waals surface area contributed by atoms with E-state index < -0.39 is 11.9 Å². The third kappa shape index (κ3) is 2.99. The second-order valence-corrected chi connectivity index (χ2v) is 5.54. The lowest BCUT2D eigenvalue weighted by Gasteiger charge is -2.18. The highest BCUT2D eigenvalue weighted by Gasteiger charge is 2.31. The molecule has 7 heteroatoms. The van der Waals surface area contributed by atoms with Gasteiger partial charge in [-0.3, -0.25) is 4.79 Å². The summed E-state index contributed by atoms with van der Waals surface area (Å²) in [7, 11) is 0. The quantitative estimate of drug-likeness (QED) is 0.880. The molecule has 1 aromatic carbocycles. The number of rotatable bonds is 2. The summed E-state index contributed by atoms with van der Waals surface area (Å²) in [6, 6.07) is 3.03. The van der Waals surface area contributed by atoms with Crippen molar-refractivity contribution in [2.24, 2.45) is 5.92 Å². The fraction of sp³-hybridized carbons (Fsp3) is 0.385. The highest BCUT2D eigenvalue weighted by atomic mass is 35.5. The van der Waals surface area contributed by atoms with Crippen molar-refractivity contribution in [2.45, 2.75) is 13.3 Å². The first-order chi connectivity index (χ1) is 9.40. The van der Waals surface area contributed by atoms with Crippen LogP contribution in [0.25, 0.3) is 0 Å². The molecule has 108 valence electrons. The van der Waals surface area contributed by atoms with Crippen molar-refractivity contribution in [3.8, 4) is 0 Å². The molecule has 1 aliphatic heterocycles. The van der Waals surface area contributed by atoms with Crippen molar-refractivity contribution in [3.63, 3.8) is 0 Å². The molecule has 1 aliphatic rings. The molecule has 1 aromatic rings. The Morgan fingerprint density at radius 1 is 1.40 bits per heavy atom. The summed E-state index contributed by atoms with van der Waals surface area (Å²) in [6.07, 6.45) is 0.456. The molecule has 2 amide bonds. The van der Waals surface area contributed by atoms with Crippen LogP contribution in [0.5, 0.6) is 0 Å². The molecule has 0 aromatic heterocycles. The maximum atomic E-state index is 12.1. The Morgan fingerprint density at radius 3 is 2.70 bits per heavy atom. The Balaban J connectivity index is 2.10. The minimum Gasteiger partial charge on any atom is -0.481 e. The minimum absolute atomic E-state index is 0.197. The minimum atomic E-state index is -0.882. The third-order valence-electron chi connectivity index (χ3n) is 3.34. The highest BCUT2D eigenvalue weighted by Crippen LogP contribution is 2.33. The Morgan fingerprint density at radius 2 is 2.10 bits per heavy atom. The first-order valence-electron chi connectivity index (χ1n) is 6.13. The van der Waals surface area contributed by atoms with Gasteiger partial charge >= 0.3 is 12.0 Å². The molecule has 0 radical (unpaired) electrons. The molecule has 2 rings (SSSR count). The molecule has 0 saturated carbocycles. The Labute approximate surface area is 126 Å². The van der Waals surface area contributed by atoms with Crippen LogP contribution in [0.2, 0.25) is 10.0 Å². The lowest BCUT2D eigenvalue weighted by Crippen LogP contribution is -2.34. The number of anilines is 1. The molecule has 20 heavy (non-hydrogen) atoms. The molecular formula is C13H14Cl2N2O3. The van der Waals surface area contributed by atoms with Crippen LogP contribution in [-0.2, 0) is 4.79 Å². The van der Waals surface area contributed by atoms with E-state index in [1.807, 2.05) is 6.92 Å². The van der Waals surface area contributed by atoms with Crippen molar-refractivity contribution in [1.82, 2.24) is 4.90 Å². The summed E-state index contributed by atoms with van der Waals surface area (Å²) in [5, 5.41) is 12.3. The monoisotopic (exact) mass is 316 g/mol. The number of amides is 2. The lowest BCUT2D eigenvalue weighted by atomic mass is 10.1. The van der Waals surface area contributed by atoms with E-state index in [0.717, 1.165) is 5.56 Å². The van der Waals surface area contributed by atoms with Crippen LogP contribution < -0.4 is 5.32 Å². The number of aliphatic carboxylic acids is 1. The Kier molecular flexibility index (Phi) is 4.40. The van der Waals surface area contributed by atoms with Gasteiger partial charge in [-0.15, -0.1) is 0 Å². The van der Waals surface area contributed by atoms with Gasteiger partial charge in [0.1, 0.15) is 0 Å². The van der Waals surface area contributed by atoms with E-state index in [1.54, 1.807) is 12.1 Å². The van der Waals surface area contributed by atoms with Gasteiger partial charge in [0, 0.05) is 13.1 Å². The summed E-state index contributed by atoms with van der Waals surface area (Å²) in [4.78, 5) is 24.4. The van der Waals surface area contributed by atoms with Gasteiger partial charge in [-0.2, -0.15) is 0 Å². The number of urea groups is 1. The smallest absolute Gasteiger partial charge is 0.321 e. The molecule has 5 nitrogen and oxygen atoms in total. The topological polar surface area (TPSA) is 69.6 Å². The number of carbonyl (C=O) groups is 2. The van der Waals surface area contributed by atoms with Crippen LogP contribution >= 0.6 is 23.2 Å². The van der Waals surface area contributed by atoms with Crippen molar-refractivity contribution >= 4 is 40.9 Å². The van der Waals surface area contributed by atoms with Crippen LogP contribution in [0.1, 0.15) is 12.0 Å². The number of aryl methyl sites for hydroxylation is 1. The maximum Gasteiger partial charge on any atom is 0.321 e. The number of hydrogen-bond acceptors (Lipinski definition) is 2. The summed E-state index contributed by atoms with van der Waals surface area (Å²) >= 11 is 12.1. The average molecular weight is 317 g/mol. The van der Waals surface area contributed by atoms with Gasteiger partial charge < -0.3 is 15.3 Å². The second-order valence-electron chi connectivity index (χ2n) is 4.75. The van der Waals surface area contributed by atoms with Gasteiger partial charge in [-0.25, -0.2) is 4.79 Å². The Bertz CT molecular complexity index is 563. The molecule has 0 bridgehead atoms. The van der Waals surface area contributed by atoms with Gasteiger partial charge in [0.15, 0.2) is 0 Å². The molecule has 0 spiro atoms. The normalized spacial score (nSPS) is 18.1. The molecule has 1 fully saturated rings. The fourth-order valence-electron chi connectivity index (χ4n) is 2.10. The predicted molar refractivity (Wildman–Crippen MR) is 77.5 cm³/mol. The van der Waals surface area contributed by atoms with E-state index in [2.05, 4.69) is 5.32 Å². The number of nitrogens with one attached hydrogen (secondary N) is 1. The first-order valence-corrected chi connectivity index (χ1v) is 6.89. The van der Waals surface area contributed by atoms with E-state index in [9.17, 15) is 9.59 Å². The highest BCUT2D eigenvalue weighted by molar-refractivity contribution is 6.40. The van der Waals surface area contributed by atoms with E-state index in [-0.39, 0.29) is 12.6 Å². The van der Waals surface area contributed by atoms with Crippen LogP contribution in [-0.4, -0.2) is 35.1 Å². The molecule has 1 unspecified atom stereocenters. The van der Waals surface area contributed by atoms with Crippen molar-refractivity contribution < 1.29 is 14.7 Å². The van der Waals surface area contributed by atoms with Crippen molar-refractivity contribution in [1.29, 1.82) is 0 Å². The van der Waals surface area contributed by atoms with Gasteiger partial charge in [0.2, 0.25) is 0 Å². The zero-order valence-corrected chi connectivity index (χ0v) is 12.3. The standard InChI is InChI=1S/C13H14Cl2N2O3/c1-7-2-3-9(14)11(10(7)15)16-13(20)17-5-4-8(6-17)12(18)19/h2-3,8H,4-6H2,1H3,(H,16,20)(H,18,19). The van der Waals surface area contributed by atoms with Crippen molar-refractivity contribution in [3.05, 3.63) is 27.7 Å². The lowest BCUT2D eigenvalue weighted by molar-refractivity contribution is -0.141. The van der Waals surface area contributed by atoms with Gasteiger partial charge in [0.25, 0.3) is 0 Å². The summed E-state index contributed by atoms with van der Waals surface area (Å²) in [5.41, 5.74) is 1.16. The van der Waals surface area contributed by atoms with Crippen LogP contribution in [0, 0.1) is 12.8 Å². The molecule has 1 saturated heterocycles. The van der Waals surface area contributed by atoms with Crippen LogP contribution in [0.4, 0.5) is 10.5 Å². The summed E-state index contributed by atoms with van der Waals surface area (Å²) in [5.74, 6) is -1.39. The largest absolute Gasteiger partial charge is 0.481 e. The van der Waals surface area contributed by atoms with Crippen molar-refractivity contribution in [2.75, 3.05) is 18.4 Å². The number of benzene rings is 1. The molecule has 1 atom stereocenters. The summed E-state index contributed by atoms with van der Waals surface area (Å²) < 4.78 is 0. The molecule has 0 aliphatic carbocycles. The van der Waals surface area contributed by atoms with Gasteiger partial charge in [-0.05, 0) is 25.0 Å². The number of nitrogens with zero attached hydrogens (tertiary/aromatic N) is 1. The summed E-state index contributed by atoms with van der Waals surface area (Å²) in [6.45, 7) is 2.41. The van der Waals surface area contributed by atoms with Crippen LogP contribution in [0.15, 0.2) is 12.1 Å². The zero-order chi connectivity index (χ0) is 14.9. The van der Waals surface area contributed by atoms with E-state index in [4.69, 9.17) is 28.3 Å². The first kappa shape index (κ1) is 14.9. The SMILES string of the molecule is Cc1ccc(Cl)c(NC(=O)N2CCC(C(=O)O)C2)c1Cl. The number of carbonyl (C=O) groups excluding carboxylic acids is 1. The number of likely N-dealkylation sites (tertiary alicyclic amines) is 1. The number of carboxylic acids is 1. The molecule has 2 N–H and O–H groups in total. The van der Waals surface area contributed by atoms with E-state index in [0.29, 0.717) is 28.7 Å². The van der Waals surface area contributed by atoms with Crippen LogP contribution in [0.3, 0.4) is 0 Å².